The van der Waals surface area contributed by atoms with Gasteiger partial charge in [0, 0.05) is 0 Å². The predicted molar refractivity (Wildman–Crippen MR) is 56.1 cm³/mol. The van der Waals surface area contributed by atoms with E-state index < -0.39 is 22.9 Å². The van der Waals surface area contributed by atoms with E-state index in [-0.39, 0.29) is 16.0 Å². The van der Waals surface area contributed by atoms with E-state index in [0.717, 1.165) is 0 Å². The van der Waals surface area contributed by atoms with Gasteiger partial charge in [0.1, 0.15) is 0 Å². The van der Waals surface area contributed by atoms with Gasteiger partial charge in [-0.15, -0.1) is 0 Å². The predicted octanol–water partition coefficient (Wildman–Crippen LogP) is 1.85. The number of hydrogen-bond acceptors (Lipinski definition) is 4. The summed E-state index contributed by atoms with van der Waals surface area (Å²) in [5.41, 5.74) is -0.870. The molecule has 5 nitrogen and oxygen atoms in total. The first-order valence-corrected chi connectivity index (χ1v) is 4.57. The highest BCUT2D eigenvalue weighted by Gasteiger charge is 2.20. The molecule has 1 aromatic carbocycles. The molecule has 16 heavy (non-hydrogen) atoms. The zero-order valence-corrected chi connectivity index (χ0v) is 8.49. The van der Waals surface area contributed by atoms with Crippen LogP contribution in [0.15, 0.2) is 27.4 Å². The van der Waals surface area contributed by atoms with Gasteiger partial charge >= 0.3 is 5.97 Å². The molecule has 2 aromatic rings. The van der Waals surface area contributed by atoms with Crippen molar-refractivity contribution in [3.8, 4) is 5.75 Å². The van der Waals surface area contributed by atoms with Crippen molar-refractivity contribution in [2.24, 2.45) is 0 Å². The monoisotopic (exact) mass is 240 g/mol. The second kappa shape index (κ2) is 3.53. The van der Waals surface area contributed by atoms with E-state index in [1.54, 1.807) is 0 Å². The van der Waals surface area contributed by atoms with Crippen LogP contribution in [-0.2, 0) is 0 Å². The quantitative estimate of drug-likeness (QED) is 0.794. The van der Waals surface area contributed by atoms with E-state index in [4.69, 9.17) is 21.1 Å². The van der Waals surface area contributed by atoms with Crippen LogP contribution in [0, 0.1) is 0 Å². The Morgan fingerprint density at radius 1 is 1.38 bits per heavy atom. The van der Waals surface area contributed by atoms with Crippen molar-refractivity contribution in [2.45, 2.75) is 0 Å². The Labute approximate surface area is 93.5 Å². The molecule has 0 bridgehead atoms. The molecule has 82 valence electrons. The maximum atomic E-state index is 11.6. The highest BCUT2D eigenvalue weighted by Crippen LogP contribution is 2.25. The minimum Gasteiger partial charge on any atom is -0.501 e. The van der Waals surface area contributed by atoms with Crippen molar-refractivity contribution >= 4 is 28.5 Å². The van der Waals surface area contributed by atoms with Gasteiger partial charge in [-0.2, -0.15) is 0 Å². The molecule has 0 aliphatic carbocycles. The van der Waals surface area contributed by atoms with E-state index >= 15 is 0 Å². The van der Waals surface area contributed by atoms with Crippen LogP contribution in [0.1, 0.15) is 10.6 Å². The number of carboxylic acid groups (broad SMARTS) is 1. The largest absolute Gasteiger partial charge is 0.501 e. The summed E-state index contributed by atoms with van der Waals surface area (Å²) in [6.45, 7) is 0. The van der Waals surface area contributed by atoms with E-state index in [0.29, 0.717) is 0 Å². The molecule has 0 atom stereocenters. The van der Waals surface area contributed by atoms with Gasteiger partial charge in [0.2, 0.25) is 11.2 Å². The molecular weight excluding hydrogens is 236 g/mol. The fourth-order valence-electron chi connectivity index (χ4n) is 1.32. The van der Waals surface area contributed by atoms with Gasteiger partial charge in [-0.3, -0.25) is 4.79 Å². The molecular formula is C10H5ClO5. The minimum atomic E-state index is -1.53. The molecule has 6 heteroatoms. The second-order valence-electron chi connectivity index (χ2n) is 3.03. The Morgan fingerprint density at radius 3 is 2.69 bits per heavy atom. The van der Waals surface area contributed by atoms with Crippen molar-refractivity contribution in [3.63, 3.8) is 0 Å². The Bertz CT molecular complexity index is 643. The zero-order chi connectivity index (χ0) is 11.9. The number of halogens is 1. The van der Waals surface area contributed by atoms with Crippen molar-refractivity contribution in [3.05, 3.63) is 39.2 Å². The lowest BCUT2D eigenvalue weighted by atomic mass is 10.2. The van der Waals surface area contributed by atoms with Gasteiger partial charge in [0.15, 0.2) is 5.58 Å². The van der Waals surface area contributed by atoms with Gasteiger partial charge in [0.25, 0.3) is 5.76 Å². The molecule has 2 N–H and O–H groups in total. The Balaban J connectivity index is 3.01. The second-order valence-corrected chi connectivity index (χ2v) is 3.44. The Hall–Kier alpha value is -2.01. The highest BCUT2D eigenvalue weighted by atomic mass is 35.5. The van der Waals surface area contributed by atoms with Gasteiger partial charge in [-0.25, -0.2) is 4.79 Å². The fraction of sp³-hybridized carbons (Fsp3) is 0. The first-order valence-electron chi connectivity index (χ1n) is 4.20. The third-order valence-electron chi connectivity index (χ3n) is 2.04. The van der Waals surface area contributed by atoms with Gasteiger partial charge in [0.05, 0.1) is 10.4 Å². The first-order chi connectivity index (χ1) is 7.52. The van der Waals surface area contributed by atoms with Crippen LogP contribution in [0.4, 0.5) is 0 Å². The third-order valence-corrected chi connectivity index (χ3v) is 2.34. The molecule has 0 aliphatic heterocycles. The molecule has 2 rings (SSSR count). The summed E-state index contributed by atoms with van der Waals surface area (Å²) in [5.74, 6) is -3.27. The highest BCUT2D eigenvalue weighted by molar-refractivity contribution is 6.34. The van der Waals surface area contributed by atoms with Crippen LogP contribution < -0.4 is 5.43 Å². The smallest absolute Gasteiger partial charge is 0.375 e. The van der Waals surface area contributed by atoms with Crippen molar-refractivity contribution in [2.75, 3.05) is 0 Å². The number of fused-ring (bicyclic) bond motifs is 1. The van der Waals surface area contributed by atoms with Crippen LogP contribution in [-0.4, -0.2) is 16.2 Å². The summed E-state index contributed by atoms with van der Waals surface area (Å²) in [5, 5.41) is 18.2. The molecule has 0 amide bonds. The molecule has 0 spiro atoms. The molecule has 1 aromatic heterocycles. The third kappa shape index (κ3) is 1.42. The number of carbonyl (C=O) groups is 1. The number of para-hydroxylation sites is 1. The number of aromatic carboxylic acids is 1. The summed E-state index contributed by atoms with van der Waals surface area (Å²) < 4.78 is 4.88. The van der Waals surface area contributed by atoms with Crippen molar-refractivity contribution in [1.82, 2.24) is 0 Å². The summed E-state index contributed by atoms with van der Waals surface area (Å²) in [6, 6.07) is 4.34. The summed E-state index contributed by atoms with van der Waals surface area (Å²) >= 11 is 5.75. The molecule has 0 unspecified atom stereocenters. The fourth-order valence-corrected chi connectivity index (χ4v) is 1.53. The SMILES string of the molecule is O=C(O)c1oc2c(Cl)cccc2c(=O)c1O. The summed E-state index contributed by atoms with van der Waals surface area (Å²) in [7, 11) is 0. The normalized spacial score (nSPS) is 10.6. The topological polar surface area (TPSA) is 87.7 Å². The summed E-state index contributed by atoms with van der Waals surface area (Å²) in [4.78, 5) is 22.3. The lowest BCUT2D eigenvalue weighted by Crippen LogP contribution is -2.08. The maximum Gasteiger partial charge on any atom is 0.375 e. The van der Waals surface area contributed by atoms with Crippen LogP contribution in [0.2, 0.25) is 5.02 Å². The molecule has 0 aliphatic rings. The molecule has 0 radical (unpaired) electrons. The van der Waals surface area contributed by atoms with E-state index in [1.807, 2.05) is 0 Å². The molecule has 1 heterocycles. The number of carboxylic acids is 1. The van der Waals surface area contributed by atoms with Gasteiger partial charge in [-0.1, -0.05) is 17.7 Å². The van der Waals surface area contributed by atoms with Crippen molar-refractivity contribution < 1.29 is 19.4 Å². The van der Waals surface area contributed by atoms with E-state index in [9.17, 15) is 14.7 Å². The van der Waals surface area contributed by atoms with E-state index in [2.05, 4.69) is 0 Å². The number of benzene rings is 1. The van der Waals surface area contributed by atoms with Gasteiger partial charge < -0.3 is 14.6 Å². The first kappa shape index (κ1) is 10.5. The molecule has 0 fully saturated rings. The lowest BCUT2D eigenvalue weighted by molar-refractivity contribution is 0.0657. The molecule has 0 saturated carbocycles. The van der Waals surface area contributed by atoms with Crippen LogP contribution in [0.3, 0.4) is 0 Å². The Kier molecular flexibility index (Phi) is 2.32. The Morgan fingerprint density at radius 2 is 2.06 bits per heavy atom. The van der Waals surface area contributed by atoms with Crippen molar-refractivity contribution in [1.29, 1.82) is 0 Å². The molecule has 0 saturated heterocycles. The average Bonchev–Trinajstić information content (AvgIpc) is 2.23. The maximum absolute atomic E-state index is 11.6. The number of aromatic hydroxyl groups is 1. The number of rotatable bonds is 1. The van der Waals surface area contributed by atoms with Crippen LogP contribution in [0.25, 0.3) is 11.0 Å². The van der Waals surface area contributed by atoms with E-state index in [1.165, 1.54) is 18.2 Å². The zero-order valence-electron chi connectivity index (χ0n) is 7.73. The summed E-state index contributed by atoms with van der Waals surface area (Å²) in [6.07, 6.45) is 0. The van der Waals surface area contributed by atoms with Gasteiger partial charge in [-0.05, 0) is 12.1 Å². The minimum absolute atomic E-state index is 0.0370. The average molecular weight is 241 g/mol. The lowest BCUT2D eigenvalue weighted by Gasteiger charge is -2.02. The number of hydrogen-bond donors (Lipinski definition) is 2. The van der Waals surface area contributed by atoms with Crippen LogP contribution in [0.5, 0.6) is 5.75 Å². The van der Waals surface area contributed by atoms with Crippen LogP contribution >= 0.6 is 11.6 Å². The standard InChI is InChI=1S/C10H5ClO5/c11-5-3-1-2-4-6(12)7(13)9(10(14)15)16-8(4)5/h1-3,13H,(H,14,15).